The molecular formula is C14H14ClNOS2. The smallest absolute Gasteiger partial charge is 0.233 e. The first-order valence-electron chi connectivity index (χ1n) is 5.87. The van der Waals surface area contributed by atoms with Crippen LogP contribution in [0.2, 0.25) is 5.02 Å². The van der Waals surface area contributed by atoms with Crippen molar-refractivity contribution in [2.75, 3.05) is 0 Å². The minimum atomic E-state index is -0.124. The maximum atomic E-state index is 12.0. The monoisotopic (exact) mass is 311 g/mol. The van der Waals surface area contributed by atoms with E-state index in [4.69, 9.17) is 11.6 Å². The van der Waals surface area contributed by atoms with E-state index in [1.54, 1.807) is 11.3 Å². The Balaban J connectivity index is 1.83. The molecule has 0 aliphatic heterocycles. The lowest BCUT2D eigenvalue weighted by atomic mass is 10.4. The van der Waals surface area contributed by atoms with Gasteiger partial charge in [-0.15, -0.1) is 23.1 Å². The van der Waals surface area contributed by atoms with E-state index in [2.05, 4.69) is 5.32 Å². The number of carbonyl (C=O) groups is 1. The van der Waals surface area contributed by atoms with E-state index < -0.39 is 0 Å². The molecule has 0 saturated carbocycles. The Bertz CT molecular complexity index is 525. The highest BCUT2D eigenvalue weighted by Gasteiger charge is 2.13. The summed E-state index contributed by atoms with van der Waals surface area (Å²) in [5.41, 5.74) is 0. The molecule has 2 nitrogen and oxygen atoms in total. The Hall–Kier alpha value is -0.970. The number of thiophene rings is 1. The zero-order valence-corrected chi connectivity index (χ0v) is 12.8. The zero-order chi connectivity index (χ0) is 13.7. The van der Waals surface area contributed by atoms with Crippen LogP contribution in [0.1, 0.15) is 11.8 Å². The average molecular weight is 312 g/mol. The van der Waals surface area contributed by atoms with Crippen LogP contribution >= 0.6 is 34.7 Å². The van der Waals surface area contributed by atoms with Gasteiger partial charge in [-0.1, -0.05) is 17.7 Å². The molecule has 0 fully saturated rings. The van der Waals surface area contributed by atoms with E-state index in [1.807, 2.05) is 48.7 Å². The van der Waals surface area contributed by atoms with Crippen molar-refractivity contribution >= 4 is 40.6 Å². The molecule has 1 aromatic heterocycles. The molecule has 2 aromatic rings. The van der Waals surface area contributed by atoms with E-state index in [9.17, 15) is 4.79 Å². The van der Waals surface area contributed by atoms with E-state index in [-0.39, 0.29) is 11.2 Å². The van der Waals surface area contributed by atoms with Crippen molar-refractivity contribution in [1.82, 2.24) is 5.32 Å². The van der Waals surface area contributed by atoms with Gasteiger partial charge in [0, 0.05) is 14.8 Å². The molecule has 1 atom stereocenters. The zero-order valence-electron chi connectivity index (χ0n) is 10.4. The summed E-state index contributed by atoms with van der Waals surface area (Å²) < 4.78 is 0. The van der Waals surface area contributed by atoms with Crippen molar-refractivity contribution in [3.8, 4) is 0 Å². The maximum Gasteiger partial charge on any atom is 0.233 e. The molecule has 1 heterocycles. The third kappa shape index (κ3) is 4.56. The number of nitrogens with one attached hydrogen (secondary N) is 1. The third-order valence-electron chi connectivity index (χ3n) is 2.51. The molecule has 0 radical (unpaired) electrons. The Morgan fingerprint density at radius 3 is 2.74 bits per heavy atom. The number of hydrogen-bond acceptors (Lipinski definition) is 3. The molecule has 1 amide bonds. The average Bonchev–Trinajstić information content (AvgIpc) is 2.91. The Morgan fingerprint density at radius 2 is 2.11 bits per heavy atom. The van der Waals surface area contributed by atoms with Gasteiger partial charge < -0.3 is 5.32 Å². The maximum absolute atomic E-state index is 12.0. The van der Waals surface area contributed by atoms with Gasteiger partial charge in [0.25, 0.3) is 0 Å². The first kappa shape index (κ1) is 14.4. The molecular weight excluding hydrogens is 298 g/mol. The number of carbonyl (C=O) groups excluding carboxylic acids is 1. The molecule has 1 aromatic carbocycles. The molecule has 1 N–H and O–H groups in total. The summed E-state index contributed by atoms with van der Waals surface area (Å²) in [4.78, 5) is 14.2. The van der Waals surface area contributed by atoms with Crippen LogP contribution in [0, 0.1) is 0 Å². The summed E-state index contributed by atoms with van der Waals surface area (Å²) in [5, 5.41) is 5.53. The molecule has 0 spiro atoms. The van der Waals surface area contributed by atoms with Crippen LogP contribution in [-0.4, -0.2) is 11.2 Å². The normalized spacial score (nSPS) is 12.1. The standard InChI is InChI=1S/C14H14ClNOS2/c1-10(19-12-6-4-11(15)5-7-12)14(17)16-9-13-3-2-8-18-13/h2-8,10H,9H2,1H3,(H,16,17). The van der Waals surface area contributed by atoms with E-state index in [0.717, 1.165) is 9.77 Å². The van der Waals surface area contributed by atoms with Crippen LogP contribution in [0.15, 0.2) is 46.7 Å². The Morgan fingerprint density at radius 1 is 1.37 bits per heavy atom. The third-order valence-corrected chi connectivity index (χ3v) is 4.75. The van der Waals surface area contributed by atoms with Gasteiger partial charge in [0.15, 0.2) is 0 Å². The summed E-state index contributed by atoms with van der Waals surface area (Å²) in [6.07, 6.45) is 0. The van der Waals surface area contributed by atoms with Gasteiger partial charge in [-0.3, -0.25) is 4.79 Å². The molecule has 0 saturated heterocycles. The Kier molecular flexibility index (Phi) is 5.31. The van der Waals surface area contributed by atoms with Gasteiger partial charge in [-0.25, -0.2) is 0 Å². The lowest BCUT2D eigenvalue weighted by Gasteiger charge is -2.11. The molecule has 100 valence electrons. The minimum Gasteiger partial charge on any atom is -0.350 e. The lowest BCUT2D eigenvalue weighted by molar-refractivity contribution is -0.120. The fourth-order valence-corrected chi connectivity index (χ4v) is 3.16. The number of halogens is 1. The number of amides is 1. The van der Waals surface area contributed by atoms with Crippen molar-refractivity contribution in [2.45, 2.75) is 23.6 Å². The minimum absolute atomic E-state index is 0.0494. The summed E-state index contributed by atoms with van der Waals surface area (Å²) in [5.74, 6) is 0.0494. The van der Waals surface area contributed by atoms with E-state index in [0.29, 0.717) is 11.6 Å². The number of rotatable bonds is 5. The highest BCUT2D eigenvalue weighted by Crippen LogP contribution is 2.24. The van der Waals surface area contributed by atoms with Gasteiger partial charge in [-0.2, -0.15) is 0 Å². The van der Waals surface area contributed by atoms with Crippen LogP contribution in [-0.2, 0) is 11.3 Å². The fraction of sp³-hybridized carbons (Fsp3) is 0.214. The summed E-state index contributed by atoms with van der Waals surface area (Å²) in [7, 11) is 0. The van der Waals surface area contributed by atoms with Gasteiger partial charge in [0.2, 0.25) is 5.91 Å². The van der Waals surface area contributed by atoms with Crippen LogP contribution in [0.5, 0.6) is 0 Å². The molecule has 0 aliphatic carbocycles. The lowest BCUT2D eigenvalue weighted by Crippen LogP contribution is -2.30. The second-order valence-electron chi connectivity index (χ2n) is 4.01. The molecule has 2 rings (SSSR count). The molecule has 5 heteroatoms. The van der Waals surface area contributed by atoms with E-state index >= 15 is 0 Å². The van der Waals surface area contributed by atoms with Gasteiger partial charge in [-0.05, 0) is 42.6 Å². The van der Waals surface area contributed by atoms with Crippen LogP contribution in [0.3, 0.4) is 0 Å². The van der Waals surface area contributed by atoms with E-state index in [1.165, 1.54) is 11.8 Å². The first-order chi connectivity index (χ1) is 9.15. The van der Waals surface area contributed by atoms with Gasteiger partial charge in [0.05, 0.1) is 11.8 Å². The highest BCUT2D eigenvalue weighted by atomic mass is 35.5. The number of hydrogen-bond donors (Lipinski definition) is 1. The summed E-state index contributed by atoms with van der Waals surface area (Å²) >= 11 is 9.01. The molecule has 0 bridgehead atoms. The predicted octanol–water partition coefficient (Wildman–Crippen LogP) is 4.20. The Labute approximate surface area is 126 Å². The molecule has 0 aliphatic rings. The van der Waals surface area contributed by atoms with Gasteiger partial charge in [0.1, 0.15) is 0 Å². The number of benzene rings is 1. The quantitative estimate of drug-likeness (QED) is 0.839. The highest BCUT2D eigenvalue weighted by molar-refractivity contribution is 8.00. The SMILES string of the molecule is CC(Sc1ccc(Cl)cc1)C(=O)NCc1cccs1. The van der Waals surface area contributed by atoms with Crippen molar-refractivity contribution in [2.24, 2.45) is 0 Å². The van der Waals surface area contributed by atoms with Crippen LogP contribution in [0.25, 0.3) is 0 Å². The number of thioether (sulfide) groups is 1. The second-order valence-corrected chi connectivity index (χ2v) is 6.89. The first-order valence-corrected chi connectivity index (χ1v) is 8.01. The van der Waals surface area contributed by atoms with Crippen molar-refractivity contribution in [1.29, 1.82) is 0 Å². The predicted molar refractivity (Wildman–Crippen MR) is 82.9 cm³/mol. The summed E-state index contributed by atoms with van der Waals surface area (Å²) in [6, 6.07) is 11.5. The second kappa shape index (κ2) is 6.98. The van der Waals surface area contributed by atoms with Crippen molar-refractivity contribution in [3.63, 3.8) is 0 Å². The largest absolute Gasteiger partial charge is 0.350 e. The molecule has 19 heavy (non-hydrogen) atoms. The van der Waals surface area contributed by atoms with Crippen molar-refractivity contribution < 1.29 is 4.79 Å². The van der Waals surface area contributed by atoms with Crippen LogP contribution in [0.4, 0.5) is 0 Å². The van der Waals surface area contributed by atoms with Gasteiger partial charge >= 0.3 is 0 Å². The summed E-state index contributed by atoms with van der Waals surface area (Å²) in [6.45, 7) is 2.51. The van der Waals surface area contributed by atoms with Crippen LogP contribution < -0.4 is 5.32 Å². The molecule has 1 unspecified atom stereocenters. The fourth-order valence-electron chi connectivity index (χ4n) is 1.50. The topological polar surface area (TPSA) is 29.1 Å². The van der Waals surface area contributed by atoms with Crippen molar-refractivity contribution in [3.05, 3.63) is 51.7 Å².